The second kappa shape index (κ2) is 5.37. The number of rotatable bonds is 5. The molecule has 0 unspecified atom stereocenters. The lowest BCUT2D eigenvalue weighted by molar-refractivity contribution is 0.664. The molecule has 0 aliphatic rings. The highest BCUT2D eigenvalue weighted by Crippen LogP contribution is 2.12. The van der Waals surface area contributed by atoms with Gasteiger partial charge in [0, 0.05) is 18.3 Å². The van der Waals surface area contributed by atoms with Crippen LogP contribution in [0.25, 0.3) is 0 Å². The van der Waals surface area contributed by atoms with Gasteiger partial charge in [-0.2, -0.15) is 5.10 Å². The SMILES string of the molecule is C=C/C(CCC)=N\c1ccnn1CC. The Hall–Kier alpha value is -1.38. The fraction of sp³-hybridized carbons (Fsp3) is 0.455. The van der Waals surface area contributed by atoms with Crippen molar-refractivity contribution in [1.29, 1.82) is 0 Å². The first kappa shape index (κ1) is 10.7. The van der Waals surface area contributed by atoms with Gasteiger partial charge in [0.15, 0.2) is 5.82 Å². The molecule has 76 valence electrons. The smallest absolute Gasteiger partial charge is 0.150 e. The largest absolute Gasteiger partial charge is 0.248 e. The van der Waals surface area contributed by atoms with Crippen molar-refractivity contribution in [2.75, 3.05) is 0 Å². The molecule has 0 saturated heterocycles. The van der Waals surface area contributed by atoms with Crippen molar-refractivity contribution >= 4 is 11.5 Å². The first-order valence-corrected chi connectivity index (χ1v) is 5.03. The number of aromatic nitrogens is 2. The van der Waals surface area contributed by atoms with Crippen molar-refractivity contribution < 1.29 is 0 Å². The number of aliphatic imine (C=N–C) groups is 1. The van der Waals surface area contributed by atoms with Crippen LogP contribution in [-0.4, -0.2) is 15.5 Å². The van der Waals surface area contributed by atoms with Gasteiger partial charge in [-0.1, -0.05) is 19.9 Å². The molecule has 0 aromatic carbocycles. The fourth-order valence-electron chi connectivity index (χ4n) is 1.27. The maximum Gasteiger partial charge on any atom is 0.150 e. The van der Waals surface area contributed by atoms with Gasteiger partial charge in [0.05, 0.1) is 6.20 Å². The van der Waals surface area contributed by atoms with Gasteiger partial charge in [0.25, 0.3) is 0 Å². The van der Waals surface area contributed by atoms with E-state index in [1.54, 1.807) is 6.20 Å². The first-order valence-electron chi connectivity index (χ1n) is 5.03. The van der Waals surface area contributed by atoms with Gasteiger partial charge in [0.1, 0.15) is 0 Å². The van der Waals surface area contributed by atoms with Gasteiger partial charge in [-0.15, -0.1) is 0 Å². The maximum absolute atomic E-state index is 4.50. The highest BCUT2D eigenvalue weighted by molar-refractivity contribution is 5.95. The van der Waals surface area contributed by atoms with Crippen LogP contribution in [0.4, 0.5) is 5.82 Å². The summed E-state index contributed by atoms with van der Waals surface area (Å²) < 4.78 is 1.87. The van der Waals surface area contributed by atoms with E-state index in [2.05, 4.69) is 30.5 Å². The van der Waals surface area contributed by atoms with Crippen LogP contribution in [0, 0.1) is 0 Å². The van der Waals surface area contributed by atoms with E-state index in [9.17, 15) is 0 Å². The zero-order chi connectivity index (χ0) is 10.4. The van der Waals surface area contributed by atoms with E-state index in [4.69, 9.17) is 0 Å². The fourth-order valence-corrected chi connectivity index (χ4v) is 1.27. The highest BCUT2D eigenvalue weighted by Gasteiger charge is 1.99. The van der Waals surface area contributed by atoms with Crippen LogP contribution < -0.4 is 0 Å². The molecule has 1 rings (SSSR count). The van der Waals surface area contributed by atoms with Gasteiger partial charge >= 0.3 is 0 Å². The first-order chi connectivity index (χ1) is 6.81. The molecule has 3 nitrogen and oxygen atoms in total. The molecule has 0 radical (unpaired) electrons. The summed E-state index contributed by atoms with van der Waals surface area (Å²) in [5.74, 6) is 0.913. The Bertz CT molecular complexity index is 323. The Balaban J connectivity index is 2.87. The summed E-state index contributed by atoms with van der Waals surface area (Å²) in [7, 11) is 0. The molecule has 14 heavy (non-hydrogen) atoms. The number of allylic oxidation sites excluding steroid dienone is 1. The lowest BCUT2D eigenvalue weighted by atomic mass is 10.2. The molecule has 1 heterocycles. The topological polar surface area (TPSA) is 30.2 Å². The molecule has 0 bridgehead atoms. The molecule has 0 aliphatic heterocycles. The standard InChI is InChI=1S/C11H17N3/c1-4-7-10(5-2)13-11-8-9-12-14(11)6-3/h5,8-9H,2,4,6-7H2,1,3H3/b13-10+. The summed E-state index contributed by atoms with van der Waals surface area (Å²) in [5, 5.41) is 4.16. The molecule has 3 heteroatoms. The summed E-state index contributed by atoms with van der Waals surface area (Å²) in [5.41, 5.74) is 1.03. The molecular formula is C11H17N3. The van der Waals surface area contributed by atoms with Crippen LogP contribution in [0.5, 0.6) is 0 Å². The minimum absolute atomic E-state index is 0.850. The third-order valence-corrected chi connectivity index (χ3v) is 1.99. The van der Waals surface area contributed by atoms with Gasteiger partial charge < -0.3 is 0 Å². The van der Waals surface area contributed by atoms with Crippen molar-refractivity contribution in [1.82, 2.24) is 9.78 Å². The zero-order valence-corrected chi connectivity index (χ0v) is 8.90. The molecule has 0 fully saturated rings. The minimum Gasteiger partial charge on any atom is -0.248 e. The number of nitrogens with zero attached hydrogens (tertiary/aromatic N) is 3. The monoisotopic (exact) mass is 191 g/mol. The third-order valence-electron chi connectivity index (χ3n) is 1.99. The van der Waals surface area contributed by atoms with Crippen LogP contribution in [0.3, 0.4) is 0 Å². The molecule has 0 atom stereocenters. The van der Waals surface area contributed by atoms with Crippen molar-refractivity contribution in [2.24, 2.45) is 4.99 Å². The number of hydrogen-bond acceptors (Lipinski definition) is 2. The molecular weight excluding hydrogens is 174 g/mol. The predicted octanol–water partition coefficient (Wildman–Crippen LogP) is 2.96. The van der Waals surface area contributed by atoms with E-state index >= 15 is 0 Å². The Morgan fingerprint density at radius 2 is 2.43 bits per heavy atom. The van der Waals surface area contributed by atoms with Crippen molar-refractivity contribution in [3.63, 3.8) is 0 Å². The van der Waals surface area contributed by atoms with Crippen molar-refractivity contribution in [3.8, 4) is 0 Å². The molecule has 0 N–H and O–H groups in total. The molecule has 0 spiro atoms. The normalized spacial score (nSPS) is 11.7. The van der Waals surface area contributed by atoms with Crippen molar-refractivity contribution in [2.45, 2.75) is 33.2 Å². The quantitative estimate of drug-likeness (QED) is 0.658. The third kappa shape index (κ3) is 2.55. The highest BCUT2D eigenvalue weighted by atomic mass is 15.3. The van der Waals surface area contributed by atoms with Crippen molar-refractivity contribution in [3.05, 3.63) is 24.9 Å². The summed E-state index contributed by atoms with van der Waals surface area (Å²) in [6, 6.07) is 1.92. The Labute approximate surface area is 85.2 Å². The van der Waals surface area contributed by atoms with E-state index in [0.29, 0.717) is 0 Å². The van der Waals surface area contributed by atoms with Crippen LogP contribution in [0.15, 0.2) is 29.9 Å². The van der Waals surface area contributed by atoms with E-state index < -0.39 is 0 Å². The molecule has 0 aliphatic carbocycles. The van der Waals surface area contributed by atoms with Gasteiger partial charge in [-0.05, 0) is 19.4 Å². The summed E-state index contributed by atoms with van der Waals surface area (Å²) in [4.78, 5) is 4.50. The van der Waals surface area contributed by atoms with E-state index in [0.717, 1.165) is 30.9 Å². The molecule has 1 aromatic rings. The number of aryl methyl sites for hydroxylation is 1. The van der Waals surface area contributed by atoms with Crippen LogP contribution in [-0.2, 0) is 6.54 Å². The number of hydrogen-bond donors (Lipinski definition) is 0. The van der Waals surface area contributed by atoms with E-state index in [1.165, 1.54) is 0 Å². The Morgan fingerprint density at radius 3 is 3.00 bits per heavy atom. The molecule has 0 amide bonds. The average Bonchev–Trinajstić information content (AvgIpc) is 2.64. The second-order valence-corrected chi connectivity index (χ2v) is 3.06. The van der Waals surface area contributed by atoms with Crippen LogP contribution in [0.2, 0.25) is 0 Å². The maximum atomic E-state index is 4.50. The van der Waals surface area contributed by atoms with E-state index in [-0.39, 0.29) is 0 Å². The summed E-state index contributed by atoms with van der Waals surface area (Å²) in [6.45, 7) is 8.79. The van der Waals surface area contributed by atoms with Crippen LogP contribution >= 0.6 is 0 Å². The summed E-state index contributed by atoms with van der Waals surface area (Å²) >= 11 is 0. The van der Waals surface area contributed by atoms with E-state index in [1.807, 2.05) is 16.8 Å². The average molecular weight is 191 g/mol. The van der Waals surface area contributed by atoms with Crippen LogP contribution in [0.1, 0.15) is 26.7 Å². The lowest BCUT2D eigenvalue weighted by Crippen LogP contribution is -1.97. The summed E-state index contributed by atoms with van der Waals surface area (Å²) in [6.07, 6.45) is 5.65. The Morgan fingerprint density at radius 1 is 1.64 bits per heavy atom. The lowest BCUT2D eigenvalue weighted by Gasteiger charge is -2.01. The van der Waals surface area contributed by atoms with Gasteiger partial charge in [-0.25, -0.2) is 9.67 Å². The molecule has 1 aromatic heterocycles. The minimum atomic E-state index is 0.850. The Kier molecular flexibility index (Phi) is 4.11. The zero-order valence-electron chi connectivity index (χ0n) is 8.90. The van der Waals surface area contributed by atoms with Gasteiger partial charge in [-0.3, -0.25) is 0 Å². The molecule has 0 saturated carbocycles. The second-order valence-electron chi connectivity index (χ2n) is 3.06. The predicted molar refractivity (Wildman–Crippen MR) is 60.1 cm³/mol. The van der Waals surface area contributed by atoms with Gasteiger partial charge in [0.2, 0.25) is 0 Å².